The lowest BCUT2D eigenvalue weighted by Crippen LogP contribution is -2.45. The molecule has 6 rings (SSSR count). The molecule has 4 aromatic rings. The van der Waals surface area contributed by atoms with Crippen molar-refractivity contribution in [3.05, 3.63) is 53.4 Å². The van der Waals surface area contributed by atoms with E-state index in [-0.39, 0.29) is 43.5 Å². The lowest BCUT2D eigenvalue weighted by atomic mass is 9.88. The molecule has 0 radical (unpaired) electrons. The molecule has 2 N–H and O–H groups in total. The molecule has 0 aliphatic carbocycles. The van der Waals surface area contributed by atoms with Crippen LogP contribution in [0.25, 0.3) is 32.1 Å². The summed E-state index contributed by atoms with van der Waals surface area (Å²) in [4.78, 5) is 25.7. The number of aromatic nitrogens is 2. The van der Waals surface area contributed by atoms with Gasteiger partial charge in [-0.25, -0.2) is 8.78 Å². The van der Waals surface area contributed by atoms with Gasteiger partial charge in [0.15, 0.2) is 0 Å². The van der Waals surface area contributed by atoms with E-state index in [0.717, 1.165) is 12.1 Å². The quantitative estimate of drug-likeness (QED) is 0.145. The number of carbonyl (C=O) groups excluding carboxylic acids is 1. The summed E-state index contributed by atoms with van der Waals surface area (Å²) in [6.07, 6.45) is -10.7. The van der Waals surface area contributed by atoms with Gasteiger partial charge in [-0.1, -0.05) is 12.6 Å². The monoisotopic (exact) mass is 767 g/mol. The maximum absolute atomic E-state index is 15.6. The molecule has 2 fully saturated rings. The van der Waals surface area contributed by atoms with Gasteiger partial charge in [-0.3, -0.25) is 9.69 Å². The first-order chi connectivity index (χ1) is 24.9. The lowest BCUT2D eigenvalue weighted by Gasteiger charge is -2.34. The third kappa shape index (κ3) is 6.69. The van der Waals surface area contributed by atoms with Crippen molar-refractivity contribution < 1.29 is 44.7 Å². The number of ether oxygens (including phenoxy) is 1. The van der Waals surface area contributed by atoms with E-state index < -0.39 is 103 Å². The molecule has 18 heteroatoms. The zero-order valence-electron chi connectivity index (χ0n) is 28.6. The Balaban J connectivity index is 1.70. The maximum atomic E-state index is 15.6. The van der Waals surface area contributed by atoms with Gasteiger partial charge < -0.3 is 20.3 Å². The number of likely N-dealkylation sites (tertiary alicyclic amines) is 2. The van der Waals surface area contributed by atoms with Gasteiger partial charge in [0.05, 0.1) is 32.9 Å². The molecule has 0 saturated carbocycles. The van der Waals surface area contributed by atoms with Gasteiger partial charge in [-0.05, 0) is 57.5 Å². The van der Waals surface area contributed by atoms with Crippen LogP contribution in [0.1, 0.15) is 43.4 Å². The topological polar surface area (TPSA) is 112 Å². The SMILES string of the molecule is C=CC(=O)N1CCC(N(CC)c2nc(OC[C@@H]3C[C@@H](F)CN3C)nc3c(C(F)(F)F)c(-c4ccc(F)c5sc(N)c(C#N)c45)c(C(F)(F)F)cc23)C1C. The van der Waals surface area contributed by atoms with E-state index in [4.69, 9.17) is 10.5 Å². The molecule has 282 valence electrons. The number of fused-ring (bicyclic) bond motifs is 2. The number of amides is 1. The second kappa shape index (κ2) is 13.9. The van der Waals surface area contributed by atoms with Gasteiger partial charge in [0.1, 0.15) is 35.5 Å². The van der Waals surface area contributed by atoms with Gasteiger partial charge in [0.2, 0.25) is 5.91 Å². The molecule has 1 amide bonds. The molecule has 2 unspecified atom stereocenters. The number of rotatable bonds is 8. The number of anilines is 2. The van der Waals surface area contributed by atoms with Crippen LogP contribution in [0.3, 0.4) is 0 Å². The summed E-state index contributed by atoms with van der Waals surface area (Å²) in [5.74, 6) is -1.71. The third-order valence-corrected chi connectivity index (χ3v) is 11.0. The minimum absolute atomic E-state index is 0.0360. The standard InChI is InChI=1S/C35H33F8N7O2S/c1-5-25(51)50-10-9-24(16(50)3)49(6-2)32-20-12-22(34(38,39)40)27(19-7-8-23(37)30-26(19)21(13-44)31(45)53-30)28(35(41,42)43)29(20)46-33(47-32)52-15-18-11-17(36)14-48(18)4/h5,7-8,12,16-18,24H,1,6,9-11,14-15,45H2,2-4H3/t16?,17-,18+,24?/m1/s1. The van der Waals surface area contributed by atoms with Crippen LogP contribution in [-0.4, -0.2) is 83.3 Å². The molecule has 53 heavy (non-hydrogen) atoms. The first-order valence-corrected chi connectivity index (χ1v) is 17.3. The number of nitrogens with zero attached hydrogens (tertiary/aromatic N) is 6. The van der Waals surface area contributed by atoms with Crippen LogP contribution in [0.5, 0.6) is 6.01 Å². The number of hydrogen-bond donors (Lipinski definition) is 1. The summed E-state index contributed by atoms with van der Waals surface area (Å²) in [5, 5.41) is 8.43. The van der Waals surface area contributed by atoms with E-state index in [1.165, 1.54) is 9.80 Å². The van der Waals surface area contributed by atoms with E-state index in [0.29, 0.717) is 29.9 Å². The molecular formula is C35H33F8N7O2S. The van der Waals surface area contributed by atoms with Crippen molar-refractivity contribution >= 4 is 49.1 Å². The highest BCUT2D eigenvalue weighted by Gasteiger charge is 2.46. The maximum Gasteiger partial charge on any atom is 0.419 e. The number of thiophene rings is 1. The van der Waals surface area contributed by atoms with Crippen molar-refractivity contribution in [3.63, 3.8) is 0 Å². The average molecular weight is 768 g/mol. The molecule has 0 bridgehead atoms. The Morgan fingerprint density at radius 3 is 2.53 bits per heavy atom. The first kappa shape index (κ1) is 38.0. The van der Waals surface area contributed by atoms with E-state index in [1.807, 2.05) is 0 Å². The van der Waals surface area contributed by atoms with Crippen molar-refractivity contribution in [1.82, 2.24) is 19.8 Å². The summed E-state index contributed by atoms with van der Waals surface area (Å²) in [6.45, 7) is 6.96. The summed E-state index contributed by atoms with van der Waals surface area (Å²) in [7, 11) is 1.64. The lowest BCUT2D eigenvalue weighted by molar-refractivity contribution is -0.141. The highest BCUT2D eigenvalue weighted by Crippen LogP contribution is 2.52. The van der Waals surface area contributed by atoms with E-state index >= 15 is 30.7 Å². The third-order valence-electron chi connectivity index (χ3n) is 9.96. The molecular weight excluding hydrogens is 734 g/mol. The number of halogens is 8. The number of carbonyl (C=O) groups is 1. The van der Waals surface area contributed by atoms with Crippen molar-refractivity contribution in [3.8, 4) is 23.2 Å². The Bertz CT molecular complexity index is 2150. The van der Waals surface area contributed by atoms with Crippen molar-refractivity contribution in [2.24, 2.45) is 0 Å². The Hall–Kier alpha value is -4.76. The van der Waals surface area contributed by atoms with Crippen LogP contribution in [0.15, 0.2) is 30.9 Å². The van der Waals surface area contributed by atoms with E-state index in [9.17, 15) is 14.4 Å². The van der Waals surface area contributed by atoms with Crippen LogP contribution in [0.2, 0.25) is 0 Å². The molecule has 4 atom stereocenters. The fraction of sp³-hybridized carbons (Fsp3) is 0.429. The van der Waals surface area contributed by atoms with Gasteiger partial charge in [-0.2, -0.15) is 41.6 Å². The predicted molar refractivity (Wildman–Crippen MR) is 184 cm³/mol. The number of benzene rings is 2. The Morgan fingerprint density at radius 2 is 1.94 bits per heavy atom. The largest absolute Gasteiger partial charge is 0.462 e. The fourth-order valence-electron chi connectivity index (χ4n) is 7.49. The normalized spacial score (nSPS) is 21.1. The Kier molecular flexibility index (Phi) is 9.96. The summed E-state index contributed by atoms with van der Waals surface area (Å²) >= 11 is 0.518. The molecule has 9 nitrogen and oxygen atoms in total. The summed E-state index contributed by atoms with van der Waals surface area (Å²) in [5.41, 5.74) is -1.20. The van der Waals surface area contributed by atoms with E-state index in [1.54, 1.807) is 31.9 Å². The van der Waals surface area contributed by atoms with Gasteiger partial charge in [0.25, 0.3) is 0 Å². The summed E-state index contributed by atoms with van der Waals surface area (Å²) < 4.78 is 127. The summed E-state index contributed by atoms with van der Waals surface area (Å²) in [6, 6.07) is 1.38. The van der Waals surface area contributed by atoms with Crippen molar-refractivity contribution in [1.29, 1.82) is 5.26 Å². The second-order valence-corrected chi connectivity index (χ2v) is 14.1. The zero-order valence-corrected chi connectivity index (χ0v) is 29.4. The van der Waals surface area contributed by atoms with E-state index in [2.05, 4.69) is 16.5 Å². The highest BCUT2D eigenvalue weighted by molar-refractivity contribution is 7.23. The molecule has 2 aliphatic heterocycles. The molecule has 2 aromatic carbocycles. The molecule has 0 spiro atoms. The molecule has 2 aliphatic rings. The van der Waals surface area contributed by atoms with Gasteiger partial charge in [-0.15, -0.1) is 11.3 Å². The number of likely N-dealkylation sites (N-methyl/N-ethyl adjacent to an activating group) is 2. The smallest absolute Gasteiger partial charge is 0.419 e. The number of nitrogens with two attached hydrogens (primary N) is 1. The van der Waals surface area contributed by atoms with Gasteiger partial charge in [0, 0.05) is 48.1 Å². The molecule has 4 heterocycles. The molecule has 2 aromatic heterocycles. The zero-order chi connectivity index (χ0) is 38.7. The highest BCUT2D eigenvalue weighted by atomic mass is 32.1. The Morgan fingerprint density at radius 1 is 1.23 bits per heavy atom. The second-order valence-electron chi connectivity index (χ2n) is 13.0. The number of alkyl halides is 7. The average Bonchev–Trinajstić information content (AvgIpc) is 3.75. The van der Waals surface area contributed by atoms with Crippen LogP contribution in [0.4, 0.5) is 45.9 Å². The van der Waals surface area contributed by atoms with Crippen LogP contribution in [-0.2, 0) is 17.1 Å². The van der Waals surface area contributed by atoms with Crippen molar-refractivity contribution in [2.75, 3.05) is 43.9 Å². The van der Waals surface area contributed by atoms with Gasteiger partial charge >= 0.3 is 18.4 Å². The predicted octanol–water partition coefficient (Wildman–Crippen LogP) is 7.56. The van der Waals surface area contributed by atoms with Crippen LogP contribution in [0, 0.1) is 17.1 Å². The minimum atomic E-state index is -5.52. The molecule has 2 saturated heterocycles. The first-order valence-electron chi connectivity index (χ1n) is 16.5. The number of nitriles is 1. The number of hydrogen-bond acceptors (Lipinski definition) is 9. The van der Waals surface area contributed by atoms with Crippen LogP contribution >= 0.6 is 11.3 Å². The van der Waals surface area contributed by atoms with Crippen LogP contribution < -0.4 is 15.4 Å². The number of nitrogen functional groups attached to an aromatic ring is 1. The fourth-order valence-corrected chi connectivity index (χ4v) is 8.44. The minimum Gasteiger partial charge on any atom is -0.462 e. The Labute approximate surface area is 302 Å². The van der Waals surface area contributed by atoms with Crippen molar-refractivity contribution in [2.45, 2.75) is 63.3 Å².